The number of methoxy groups -OCH3 is 1. The number of pyridine rings is 1. The second-order valence-electron chi connectivity index (χ2n) is 4.79. The molecule has 1 amide bonds. The predicted molar refractivity (Wildman–Crippen MR) is 78.3 cm³/mol. The number of aromatic nitrogens is 1. The predicted octanol–water partition coefficient (Wildman–Crippen LogP) is 3.08. The lowest BCUT2D eigenvalue weighted by Crippen LogP contribution is -2.25. The molecule has 0 bridgehead atoms. The molecule has 0 fully saturated rings. The minimum Gasteiger partial charge on any atom is -0.481 e. The summed E-state index contributed by atoms with van der Waals surface area (Å²) in [5.41, 5.74) is 0.416. The average molecular weight is 324 g/mol. The van der Waals surface area contributed by atoms with Crippen LogP contribution >= 0.6 is 0 Å². The molecule has 0 spiro atoms. The largest absolute Gasteiger partial charge is 0.481 e. The van der Waals surface area contributed by atoms with E-state index < -0.39 is 11.7 Å². The van der Waals surface area contributed by atoms with Gasteiger partial charge in [-0.25, -0.2) is 4.98 Å². The van der Waals surface area contributed by atoms with Crippen molar-refractivity contribution in [1.29, 1.82) is 0 Å². The van der Waals surface area contributed by atoms with Crippen molar-refractivity contribution in [1.82, 2.24) is 10.3 Å². The first-order valence-electron chi connectivity index (χ1n) is 6.84. The Morgan fingerprint density at radius 1 is 1.17 bits per heavy atom. The highest BCUT2D eigenvalue weighted by molar-refractivity contribution is 5.93. The molecule has 0 atom stereocenters. The molecule has 0 saturated heterocycles. The summed E-state index contributed by atoms with van der Waals surface area (Å²) in [6.45, 7) is 0.316. The molecule has 1 heterocycles. The van der Waals surface area contributed by atoms with Crippen molar-refractivity contribution in [2.24, 2.45) is 0 Å². The fourth-order valence-corrected chi connectivity index (χ4v) is 1.92. The number of amides is 1. The number of rotatable bonds is 5. The number of carbonyl (C=O) groups excluding carboxylic acids is 1. The van der Waals surface area contributed by atoms with Gasteiger partial charge >= 0.3 is 6.18 Å². The summed E-state index contributed by atoms with van der Waals surface area (Å²) in [5.74, 6) is 0.110. The summed E-state index contributed by atoms with van der Waals surface area (Å²) < 4.78 is 42.2. The molecular formula is C16H15F3N2O2. The third-order valence-corrected chi connectivity index (χ3v) is 3.19. The second-order valence-corrected chi connectivity index (χ2v) is 4.79. The van der Waals surface area contributed by atoms with Crippen molar-refractivity contribution in [3.05, 3.63) is 59.3 Å². The number of nitrogens with zero attached hydrogens (tertiary/aromatic N) is 1. The monoisotopic (exact) mass is 324 g/mol. The lowest BCUT2D eigenvalue weighted by Gasteiger charge is -2.08. The highest BCUT2D eigenvalue weighted by Crippen LogP contribution is 2.29. The SMILES string of the molecule is COc1ccc(C(=O)NCCc2ccc(C(F)(F)F)cc2)cn1. The second kappa shape index (κ2) is 7.13. The highest BCUT2D eigenvalue weighted by Gasteiger charge is 2.29. The minimum absolute atomic E-state index is 0.299. The van der Waals surface area contributed by atoms with Crippen LogP contribution in [0.2, 0.25) is 0 Å². The Bertz CT molecular complexity index is 653. The van der Waals surface area contributed by atoms with E-state index in [2.05, 4.69) is 10.3 Å². The molecule has 4 nitrogen and oxygen atoms in total. The van der Waals surface area contributed by atoms with E-state index in [0.29, 0.717) is 30.0 Å². The number of hydrogen-bond donors (Lipinski definition) is 1. The first-order chi connectivity index (χ1) is 10.9. The molecule has 0 aliphatic heterocycles. The quantitative estimate of drug-likeness (QED) is 0.919. The van der Waals surface area contributed by atoms with Gasteiger partial charge in [0.25, 0.3) is 5.91 Å². The number of benzene rings is 1. The van der Waals surface area contributed by atoms with Crippen LogP contribution in [0.15, 0.2) is 42.6 Å². The summed E-state index contributed by atoms with van der Waals surface area (Å²) in [4.78, 5) is 15.8. The summed E-state index contributed by atoms with van der Waals surface area (Å²) in [6, 6.07) is 8.03. The Labute approximate surface area is 131 Å². The molecule has 122 valence electrons. The standard InChI is InChI=1S/C16H15F3N2O2/c1-23-14-7-4-12(10-21-14)15(22)20-9-8-11-2-5-13(6-3-11)16(17,18)19/h2-7,10H,8-9H2,1H3,(H,20,22). The van der Waals surface area contributed by atoms with Gasteiger partial charge in [-0.15, -0.1) is 0 Å². The molecular weight excluding hydrogens is 309 g/mol. The van der Waals surface area contributed by atoms with Gasteiger partial charge in [-0.3, -0.25) is 4.79 Å². The Balaban J connectivity index is 1.85. The van der Waals surface area contributed by atoms with Gasteiger partial charge in [0.1, 0.15) is 0 Å². The van der Waals surface area contributed by atoms with Crippen LogP contribution < -0.4 is 10.1 Å². The summed E-state index contributed by atoms with van der Waals surface area (Å²) in [7, 11) is 1.48. The van der Waals surface area contributed by atoms with Crippen LogP contribution in [0.25, 0.3) is 0 Å². The smallest absolute Gasteiger partial charge is 0.416 e. The van der Waals surface area contributed by atoms with Crippen molar-refractivity contribution in [3.8, 4) is 5.88 Å². The molecule has 0 aliphatic carbocycles. The van der Waals surface area contributed by atoms with E-state index in [1.54, 1.807) is 12.1 Å². The van der Waals surface area contributed by atoms with Crippen LogP contribution in [0.3, 0.4) is 0 Å². The molecule has 2 rings (SSSR count). The Kier molecular flexibility index (Phi) is 5.20. The van der Waals surface area contributed by atoms with E-state index in [4.69, 9.17) is 4.74 Å². The maximum atomic E-state index is 12.4. The zero-order valence-electron chi connectivity index (χ0n) is 12.4. The van der Waals surface area contributed by atoms with E-state index >= 15 is 0 Å². The number of alkyl halides is 3. The van der Waals surface area contributed by atoms with Crippen molar-refractivity contribution in [2.45, 2.75) is 12.6 Å². The Morgan fingerprint density at radius 2 is 1.87 bits per heavy atom. The molecule has 0 radical (unpaired) electrons. The lowest BCUT2D eigenvalue weighted by molar-refractivity contribution is -0.137. The molecule has 23 heavy (non-hydrogen) atoms. The third-order valence-electron chi connectivity index (χ3n) is 3.19. The first kappa shape index (κ1) is 16.8. The van der Waals surface area contributed by atoms with E-state index in [0.717, 1.165) is 12.1 Å². The van der Waals surface area contributed by atoms with E-state index in [9.17, 15) is 18.0 Å². The highest BCUT2D eigenvalue weighted by atomic mass is 19.4. The first-order valence-corrected chi connectivity index (χ1v) is 6.84. The zero-order valence-corrected chi connectivity index (χ0v) is 12.4. The van der Waals surface area contributed by atoms with Gasteiger partial charge < -0.3 is 10.1 Å². The third kappa shape index (κ3) is 4.70. The van der Waals surface area contributed by atoms with Gasteiger partial charge in [-0.1, -0.05) is 12.1 Å². The van der Waals surface area contributed by atoms with E-state index in [1.165, 1.54) is 25.4 Å². The molecule has 0 aliphatic rings. The van der Waals surface area contributed by atoms with Crippen molar-refractivity contribution in [2.75, 3.05) is 13.7 Å². The fraction of sp³-hybridized carbons (Fsp3) is 0.250. The van der Waals surface area contributed by atoms with Gasteiger partial charge in [-0.2, -0.15) is 13.2 Å². The van der Waals surface area contributed by atoms with E-state index in [-0.39, 0.29) is 5.91 Å². The van der Waals surface area contributed by atoms with E-state index in [1.807, 2.05) is 0 Å². The average Bonchev–Trinajstić information content (AvgIpc) is 2.54. The summed E-state index contributed by atoms with van der Waals surface area (Å²) >= 11 is 0. The van der Waals surface area contributed by atoms with Crippen LogP contribution in [-0.2, 0) is 12.6 Å². The molecule has 0 saturated carbocycles. The van der Waals surface area contributed by atoms with Crippen LogP contribution in [-0.4, -0.2) is 24.5 Å². The topological polar surface area (TPSA) is 51.2 Å². The van der Waals surface area contributed by atoms with Crippen LogP contribution in [0, 0.1) is 0 Å². The van der Waals surface area contributed by atoms with Gasteiger partial charge in [-0.05, 0) is 30.2 Å². The van der Waals surface area contributed by atoms with Gasteiger partial charge in [0.05, 0.1) is 18.2 Å². The minimum atomic E-state index is -4.34. The van der Waals surface area contributed by atoms with Crippen LogP contribution in [0.1, 0.15) is 21.5 Å². The van der Waals surface area contributed by atoms with Gasteiger partial charge in [0.15, 0.2) is 0 Å². The van der Waals surface area contributed by atoms with Gasteiger partial charge in [0.2, 0.25) is 5.88 Å². The number of halogens is 3. The number of nitrogens with one attached hydrogen (secondary N) is 1. The molecule has 1 aromatic carbocycles. The van der Waals surface area contributed by atoms with Crippen LogP contribution in [0.4, 0.5) is 13.2 Å². The maximum absolute atomic E-state index is 12.4. The number of ether oxygens (including phenoxy) is 1. The van der Waals surface area contributed by atoms with Crippen LogP contribution in [0.5, 0.6) is 5.88 Å². The Hall–Kier alpha value is -2.57. The Morgan fingerprint density at radius 3 is 2.39 bits per heavy atom. The molecule has 7 heteroatoms. The van der Waals surface area contributed by atoms with Gasteiger partial charge in [0, 0.05) is 18.8 Å². The fourth-order valence-electron chi connectivity index (χ4n) is 1.92. The summed E-state index contributed by atoms with van der Waals surface area (Å²) in [5, 5.41) is 2.69. The number of carbonyl (C=O) groups is 1. The van der Waals surface area contributed by atoms with Crippen molar-refractivity contribution in [3.63, 3.8) is 0 Å². The zero-order chi connectivity index (χ0) is 16.9. The molecule has 1 aromatic heterocycles. The molecule has 1 N–H and O–H groups in total. The summed E-state index contributed by atoms with van der Waals surface area (Å²) in [6.07, 6.45) is -2.51. The molecule has 2 aromatic rings. The number of hydrogen-bond acceptors (Lipinski definition) is 3. The maximum Gasteiger partial charge on any atom is 0.416 e. The molecule has 0 unspecified atom stereocenters. The lowest BCUT2D eigenvalue weighted by atomic mass is 10.1. The van der Waals surface area contributed by atoms with Crippen molar-refractivity contribution < 1.29 is 22.7 Å². The normalized spacial score (nSPS) is 11.1. The van der Waals surface area contributed by atoms with Crippen molar-refractivity contribution >= 4 is 5.91 Å².